The molecule has 3 aliphatic rings. The van der Waals surface area contributed by atoms with Gasteiger partial charge in [-0.3, -0.25) is 0 Å². The van der Waals surface area contributed by atoms with Crippen LogP contribution in [0.2, 0.25) is 0 Å². The van der Waals surface area contributed by atoms with Crippen LogP contribution in [-0.2, 0) is 0 Å². The van der Waals surface area contributed by atoms with E-state index in [0.29, 0.717) is 36.8 Å². The summed E-state index contributed by atoms with van der Waals surface area (Å²) >= 11 is 0. The molecule has 0 bridgehead atoms. The summed E-state index contributed by atoms with van der Waals surface area (Å²) < 4.78 is 74.2. The zero-order valence-corrected chi connectivity index (χ0v) is 22.5. The van der Waals surface area contributed by atoms with Crippen molar-refractivity contribution in [2.24, 2.45) is 23.7 Å². The Labute approximate surface area is 228 Å². The number of hydrogen-bond donors (Lipinski definition) is 0. The zero-order chi connectivity index (χ0) is 27.6. The molecule has 0 radical (unpaired) electrons. The third kappa shape index (κ3) is 6.52. The van der Waals surface area contributed by atoms with Crippen molar-refractivity contribution in [1.29, 1.82) is 0 Å². The van der Waals surface area contributed by atoms with Crippen LogP contribution in [0.25, 0.3) is 0 Å². The lowest BCUT2D eigenvalue weighted by molar-refractivity contribution is -0.222. The van der Waals surface area contributed by atoms with Gasteiger partial charge in [-0.2, -0.15) is 8.78 Å². The Bertz CT molecular complexity index is 1080. The fourth-order valence-corrected chi connectivity index (χ4v) is 7.41. The van der Waals surface area contributed by atoms with Gasteiger partial charge in [0.15, 0.2) is 17.5 Å². The van der Waals surface area contributed by atoms with Crippen LogP contribution in [0.15, 0.2) is 49.1 Å². The molecule has 3 aliphatic carbocycles. The van der Waals surface area contributed by atoms with Gasteiger partial charge >= 0.3 is 6.11 Å². The molecule has 0 unspecified atom stereocenters. The van der Waals surface area contributed by atoms with E-state index in [4.69, 9.17) is 0 Å². The first-order valence-corrected chi connectivity index (χ1v) is 14.7. The Kier molecular flexibility index (Phi) is 8.68. The van der Waals surface area contributed by atoms with Crippen LogP contribution in [0.3, 0.4) is 0 Å². The molecule has 3 fully saturated rings. The highest BCUT2D eigenvalue weighted by molar-refractivity contribution is 5.29. The lowest BCUT2D eigenvalue weighted by Gasteiger charge is -2.37. The molecule has 0 amide bonds. The monoisotopic (exact) mass is 546 g/mol. The molecule has 3 saturated carbocycles. The van der Waals surface area contributed by atoms with Crippen LogP contribution in [0.1, 0.15) is 100 Å². The summed E-state index contributed by atoms with van der Waals surface area (Å²) in [4.78, 5) is 0. The second-order valence-electron chi connectivity index (χ2n) is 12.1. The summed E-state index contributed by atoms with van der Waals surface area (Å²) in [5, 5.41) is 0. The molecule has 6 heteroatoms. The molecule has 0 aromatic heterocycles. The number of hydrogen-bond acceptors (Lipinski definition) is 1. The lowest BCUT2D eigenvalue weighted by Crippen LogP contribution is -2.37. The molecule has 0 aliphatic heterocycles. The molecule has 39 heavy (non-hydrogen) atoms. The van der Waals surface area contributed by atoms with Crippen LogP contribution in [0, 0.1) is 41.1 Å². The highest BCUT2D eigenvalue weighted by Gasteiger charge is 2.44. The van der Waals surface area contributed by atoms with Crippen molar-refractivity contribution in [3.63, 3.8) is 0 Å². The molecule has 0 atom stereocenters. The van der Waals surface area contributed by atoms with Gasteiger partial charge in [0.25, 0.3) is 0 Å². The number of rotatable bonds is 7. The van der Waals surface area contributed by atoms with Crippen molar-refractivity contribution in [1.82, 2.24) is 0 Å². The van der Waals surface area contributed by atoms with Gasteiger partial charge in [-0.15, -0.1) is 6.58 Å². The minimum Gasteiger partial charge on any atom is -0.432 e. The molecule has 2 aromatic rings. The second kappa shape index (κ2) is 12.0. The zero-order valence-electron chi connectivity index (χ0n) is 22.5. The van der Waals surface area contributed by atoms with Gasteiger partial charge in [0, 0.05) is 12.1 Å². The summed E-state index contributed by atoms with van der Waals surface area (Å²) in [5.41, 5.74) is 2.57. The molecule has 0 N–H and O–H groups in total. The number of alkyl halides is 2. The average Bonchev–Trinajstić information content (AvgIpc) is 2.96. The third-order valence-corrected chi connectivity index (χ3v) is 9.88. The van der Waals surface area contributed by atoms with Gasteiger partial charge < -0.3 is 4.74 Å². The Morgan fingerprint density at radius 2 is 1.10 bits per heavy atom. The first kappa shape index (κ1) is 28.2. The first-order chi connectivity index (χ1) is 18.7. The van der Waals surface area contributed by atoms with E-state index in [1.54, 1.807) is 0 Å². The van der Waals surface area contributed by atoms with E-state index in [1.165, 1.54) is 62.5 Å². The molecule has 1 nitrogen and oxygen atoms in total. The third-order valence-electron chi connectivity index (χ3n) is 9.88. The van der Waals surface area contributed by atoms with Gasteiger partial charge in [-0.1, -0.05) is 30.3 Å². The van der Waals surface area contributed by atoms with Crippen LogP contribution >= 0.6 is 0 Å². The second-order valence-corrected chi connectivity index (χ2v) is 12.1. The predicted octanol–water partition coefficient (Wildman–Crippen LogP) is 10.3. The van der Waals surface area contributed by atoms with Gasteiger partial charge in [0.2, 0.25) is 0 Å². The summed E-state index contributed by atoms with van der Waals surface area (Å²) in [6.45, 7) is 3.97. The van der Waals surface area contributed by atoms with E-state index < -0.39 is 35.2 Å². The summed E-state index contributed by atoms with van der Waals surface area (Å²) in [7, 11) is 0. The molecular formula is C33H39F5O. The minimum atomic E-state index is -3.59. The average molecular weight is 547 g/mol. The van der Waals surface area contributed by atoms with Crippen LogP contribution in [-0.4, -0.2) is 6.11 Å². The molecule has 0 heterocycles. The Morgan fingerprint density at radius 3 is 1.56 bits per heavy atom. The molecule has 2 aromatic carbocycles. The maximum atomic E-state index is 14.8. The van der Waals surface area contributed by atoms with Crippen LogP contribution in [0.4, 0.5) is 22.0 Å². The van der Waals surface area contributed by atoms with Gasteiger partial charge in [0.05, 0.1) is 5.92 Å². The summed E-state index contributed by atoms with van der Waals surface area (Å²) in [6.07, 6.45) is 10.6. The molecule has 0 spiro atoms. The van der Waals surface area contributed by atoms with E-state index in [2.05, 4.69) is 41.7 Å². The molecule has 5 rings (SSSR count). The van der Waals surface area contributed by atoms with Crippen molar-refractivity contribution >= 4 is 0 Å². The van der Waals surface area contributed by atoms with E-state index in [0.717, 1.165) is 11.8 Å². The fourth-order valence-electron chi connectivity index (χ4n) is 7.41. The van der Waals surface area contributed by atoms with E-state index in [-0.39, 0.29) is 18.8 Å². The highest BCUT2D eigenvalue weighted by Crippen LogP contribution is 2.46. The van der Waals surface area contributed by atoms with Crippen molar-refractivity contribution in [2.75, 3.05) is 0 Å². The Morgan fingerprint density at radius 1 is 0.667 bits per heavy atom. The van der Waals surface area contributed by atoms with Gasteiger partial charge in [0.1, 0.15) is 5.75 Å². The minimum absolute atomic E-state index is 0.202. The quantitative estimate of drug-likeness (QED) is 0.191. The number of ether oxygens (including phenoxy) is 1. The van der Waals surface area contributed by atoms with E-state index >= 15 is 0 Å². The Hall–Kier alpha value is -2.37. The summed E-state index contributed by atoms with van der Waals surface area (Å²) in [5.74, 6) is -3.30. The smallest absolute Gasteiger partial charge is 0.400 e. The molecular weight excluding hydrogens is 507 g/mol. The standard InChI is InChI=1S/C33H39F5O/c1-2-21-3-5-22(6-4-21)23-7-9-24(10-8-23)25-11-13-26(14-12-25)27-15-17-28(18-16-27)33(37,38)39-29-19-30(34)32(36)31(35)20-29/h2,11-14,19-24,27-28H,1,3-10,15-18H2. The normalized spacial score (nSPS) is 30.1. The van der Waals surface area contributed by atoms with Crippen molar-refractivity contribution in [3.8, 4) is 5.75 Å². The molecule has 212 valence electrons. The predicted molar refractivity (Wildman–Crippen MR) is 143 cm³/mol. The van der Waals surface area contributed by atoms with E-state index in [9.17, 15) is 22.0 Å². The van der Waals surface area contributed by atoms with Crippen LogP contribution < -0.4 is 4.74 Å². The SMILES string of the molecule is C=CC1CCC(C2CCC(c3ccc(C4CCC(C(F)(F)Oc5cc(F)c(F)c(F)c5)CC4)cc3)CC2)CC1. The lowest BCUT2D eigenvalue weighted by atomic mass is 9.68. The largest absolute Gasteiger partial charge is 0.432 e. The number of halogens is 5. The summed E-state index contributed by atoms with van der Waals surface area (Å²) in [6, 6.07) is 9.72. The fraction of sp³-hybridized carbons (Fsp3) is 0.576. The Balaban J connectivity index is 1.10. The van der Waals surface area contributed by atoms with Gasteiger partial charge in [-0.05, 0) is 118 Å². The first-order valence-electron chi connectivity index (χ1n) is 14.7. The van der Waals surface area contributed by atoms with Crippen molar-refractivity contribution in [2.45, 2.75) is 95.0 Å². The molecule has 0 saturated heterocycles. The topological polar surface area (TPSA) is 9.23 Å². The number of benzene rings is 2. The maximum Gasteiger partial charge on any atom is 0.400 e. The van der Waals surface area contributed by atoms with Gasteiger partial charge in [-0.25, -0.2) is 13.2 Å². The van der Waals surface area contributed by atoms with Crippen LogP contribution in [0.5, 0.6) is 5.75 Å². The van der Waals surface area contributed by atoms with Crippen molar-refractivity contribution in [3.05, 3.63) is 77.6 Å². The highest BCUT2D eigenvalue weighted by atomic mass is 19.3. The maximum absolute atomic E-state index is 14.8. The van der Waals surface area contributed by atoms with Crippen molar-refractivity contribution < 1.29 is 26.7 Å². The number of allylic oxidation sites excluding steroid dienone is 1. The van der Waals surface area contributed by atoms with E-state index in [1.807, 2.05) is 0 Å².